The van der Waals surface area contributed by atoms with Crippen LogP contribution in [0.1, 0.15) is 36.5 Å². The topological polar surface area (TPSA) is 96.0 Å². The van der Waals surface area contributed by atoms with Crippen LogP contribution in [0, 0.1) is 6.92 Å². The van der Waals surface area contributed by atoms with Crippen LogP contribution in [0.25, 0.3) is 0 Å². The highest BCUT2D eigenvalue weighted by Crippen LogP contribution is 2.33. The van der Waals surface area contributed by atoms with E-state index >= 15 is 0 Å². The van der Waals surface area contributed by atoms with Crippen LogP contribution in [-0.4, -0.2) is 57.6 Å². The molecule has 0 unspecified atom stereocenters. The number of rotatable bonds is 14. The predicted octanol–water partition coefficient (Wildman–Crippen LogP) is 4.98. The minimum Gasteiger partial charge on any atom is -0.495 e. The van der Waals surface area contributed by atoms with Gasteiger partial charge in [-0.05, 0) is 42.7 Å². The summed E-state index contributed by atoms with van der Waals surface area (Å²) in [7, 11) is -2.54. The largest absolute Gasteiger partial charge is 0.495 e. The molecule has 0 bridgehead atoms. The smallest absolute Gasteiger partial charge is 0.244 e. The summed E-state index contributed by atoms with van der Waals surface area (Å²) in [6, 6.07) is 20.8. The molecule has 0 fully saturated rings. The minimum absolute atomic E-state index is 0.113. The summed E-state index contributed by atoms with van der Waals surface area (Å²) in [5.41, 5.74) is 2.88. The van der Waals surface area contributed by atoms with Crippen molar-refractivity contribution in [2.75, 3.05) is 30.8 Å². The molecule has 0 spiro atoms. The number of amides is 2. The fourth-order valence-corrected chi connectivity index (χ4v) is 5.41. The third-order valence-corrected chi connectivity index (χ3v) is 8.02. The summed E-state index contributed by atoms with van der Waals surface area (Å²) < 4.78 is 32.4. The number of benzene rings is 3. The number of unbranched alkanes of at least 4 members (excludes halogenated alkanes) is 1. The Bertz CT molecular complexity index is 1420. The van der Waals surface area contributed by atoms with Crippen molar-refractivity contribution >= 4 is 39.1 Å². The first-order valence-corrected chi connectivity index (χ1v) is 15.7. The van der Waals surface area contributed by atoms with Gasteiger partial charge in [0.1, 0.15) is 18.3 Å². The van der Waals surface area contributed by atoms with Gasteiger partial charge in [0.2, 0.25) is 21.8 Å². The second-order valence-corrected chi connectivity index (χ2v) is 12.3. The Morgan fingerprint density at radius 1 is 1.00 bits per heavy atom. The second kappa shape index (κ2) is 14.9. The normalized spacial score (nSPS) is 11.9. The SMILES string of the molecule is CCCCNC(=O)[C@H](Cc1ccccc1)N(Cc1ccc(C)cc1)C(=O)CN(c1cc(Cl)ccc1OC)S(C)(=O)=O. The first kappa shape index (κ1) is 32.0. The van der Waals surface area contributed by atoms with E-state index in [-0.39, 0.29) is 35.3 Å². The van der Waals surface area contributed by atoms with Crippen LogP contribution >= 0.6 is 11.6 Å². The lowest BCUT2D eigenvalue weighted by molar-refractivity contribution is -0.140. The summed E-state index contributed by atoms with van der Waals surface area (Å²) in [5, 5.41) is 3.26. The molecule has 0 aliphatic heterocycles. The number of nitrogens with zero attached hydrogens (tertiary/aromatic N) is 2. The molecule has 41 heavy (non-hydrogen) atoms. The molecular weight excluding hydrogens is 562 g/mol. The molecule has 3 aromatic carbocycles. The first-order valence-electron chi connectivity index (χ1n) is 13.5. The molecule has 220 valence electrons. The lowest BCUT2D eigenvalue weighted by Crippen LogP contribution is -2.53. The van der Waals surface area contributed by atoms with E-state index < -0.39 is 28.5 Å². The summed E-state index contributed by atoms with van der Waals surface area (Å²) in [6.07, 6.45) is 2.98. The Balaban J connectivity index is 2.07. The van der Waals surface area contributed by atoms with E-state index in [2.05, 4.69) is 5.32 Å². The van der Waals surface area contributed by atoms with Crippen molar-refractivity contribution in [3.63, 3.8) is 0 Å². The molecule has 2 amide bonds. The molecule has 8 nitrogen and oxygen atoms in total. The van der Waals surface area contributed by atoms with Gasteiger partial charge in [-0.15, -0.1) is 0 Å². The number of sulfonamides is 1. The van der Waals surface area contributed by atoms with Crippen LogP contribution in [0.5, 0.6) is 5.75 Å². The molecule has 3 aromatic rings. The Hall–Kier alpha value is -3.56. The Morgan fingerprint density at radius 2 is 1.68 bits per heavy atom. The molecule has 0 radical (unpaired) electrons. The molecule has 1 N–H and O–H groups in total. The van der Waals surface area contributed by atoms with Gasteiger partial charge in [-0.3, -0.25) is 13.9 Å². The van der Waals surface area contributed by atoms with Crippen LogP contribution in [0.3, 0.4) is 0 Å². The average Bonchev–Trinajstić information content (AvgIpc) is 2.94. The zero-order chi connectivity index (χ0) is 30.0. The van der Waals surface area contributed by atoms with Crippen molar-refractivity contribution in [2.24, 2.45) is 0 Å². The summed E-state index contributed by atoms with van der Waals surface area (Å²) in [4.78, 5) is 29.3. The maximum atomic E-state index is 14.2. The van der Waals surface area contributed by atoms with Crippen molar-refractivity contribution in [2.45, 2.75) is 45.7 Å². The van der Waals surface area contributed by atoms with Crippen LogP contribution in [0.2, 0.25) is 5.02 Å². The zero-order valence-electron chi connectivity index (χ0n) is 24.0. The maximum Gasteiger partial charge on any atom is 0.244 e. The van der Waals surface area contributed by atoms with E-state index in [0.717, 1.165) is 40.1 Å². The standard InChI is InChI=1S/C31H38ClN3O5S/c1-5-6-18-33-31(37)28(19-24-10-8-7-9-11-24)34(21-25-14-12-23(2)13-15-25)30(36)22-35(41(4,38)39)27-20-26(32)16-17-29(27)40-3/h7-17,20,28H,5-6,18-19,21-22H2,1-4H3,(H,33,37)/t28-/m0/s1. The second-order valence-electron chi connectivity index (χ2n) is 9.94. The highest BCUT2D eigenvalue weighted by Gasteiger charge is 2.33. The molecular formula is C31H38ClN3O5S. The van der Waals surface area contributed by atoms with Gasteiger partial charge in [-0.25, -0.2) is 8.42 Å². The minimum atomic E-state index is -3.95. The number of methoxy groups -OCH3 is 1. The first-order chi connectivity index (χ1) is 19.5. The molecule has 3 rings (SSSR count). The van der Waals surface area contributed by atoms with Gasteiger partial charge in [-0.2, -0.15) is 0 Å². The van der Waals surface area contributed by atoms with Gasteiger partial charge in [0, 0.05) is 24.5 Å². The number of halogens is 1. The highest BCUT2D eigenvalue weighted by molar-refractivity contribution is 7.92. The van der Waals surface area contributed by atoms with Gasteiger partial charge < -0.3 is 15.0 Å². The number of aryl methyl sites for hydroxylation is 1. The molecule has 10 heteroatoms. The van der Waals surface area contributed by atoms with Crippen molar-refractivity contribution in [1.82, 2.24) is 10.2 Å². The van der Waals surface area contributed by atoms with Crippen molar-refractivity contribution in [3.8, 4) is 5.75 Å². The van der Waals surface area contributed by atoms with Crippen LogP contribution in [0.15, 0.2) is 72.8 Å². The third kappa shape index (κ3) is 9.23. The van der Waals surface area contributed by atoms with Gasteiger partial charge in [-0.1, -0.05) is 85.1 Å². The highest BCUT2D eigenvalue weighted by atomic mass is 35.5. The quantitative estimate of drug-likeness (QED) is 0.264. The molecule has 0 aliphatic carbocycles. The summed E-state index contributed by atoms with van der Waals surface area (Å²) in [6.45, 7) is 4.04. The Morgan fingerprint density at radius 3 is 2.29 bits per heavy atom. The van der Waals surface area contributed by atoms with Gasteiger partial charge in [0.15, 0.2) is 0 Å². The average molecular weight is 600 g/mol. The van der Waals surface area contributed by atoms with Crippen molar-refractivity contribution in [3.05, 3.63) is 94.5 Å². The number of hydrogen-bond donors (Lipinski definition) is 1. The molecule has 0 aromatic heterocycles. The lowest BCUT2D eigenvalue weighted by atomic mass is 10.0. The van der Waals surface area contributed by atoms with E-state index in [1.165, 1.54) is 18.1 Å². The molecule has 0 saturated heterocycles. The number of hydrogen-bond acceptors (Lipinski definition) is 5. The van der Waals surface area contributed by atoms with Crippen LogP contribution < -0.4 is 14.4 Å². The van der Waals surface area contributed by atoms with Crippen molar-refractivity contribution in [1.29, 1.82) is 0 Å². The Labute approximate surface area is 248 Å². The zero-order valence-corrected chi connectivity index (χ0v) is 25.5. The summed E-state index contributed by atoms with van der Waals surface area (Å²) >= 11 is 6.20. The van der Waals surface area contributed by atoms with E-state index in [1.54, 1.807) is 12.1 Å². The molecule has 0 saturated carbocycles. The monoisotopic (exact) mass is 599 g/mol. The fraction of sp³-hybridized carbons (Fsp3) is 0.355. The number of anilines is 1. The fourth-order valence-electron chi connectivity index (χ4n) is 4.40. The van der Waals surface area contributed by atoms with Gasteiger partial charge in [0.05, 0.1) is 19.1 Å². The predicted molar refractivity (Wildman–Crippen MR) is 164 cm³/mol. The third-order valence-electron chi connectivity index (χ3n) is 6.66. The maximum absolute atomic E-state index is 14.2. The summed E-state index contributed by atoms with van der Waals surface area (Å²) in [5.74, 6) is -0.588. The van der Waals surface area contributed by atoms with E-state index in [1.807, 2.05) is 68.4 Å². The van der Waals surface area contributed by atoms with Crippen molar-refractivity contribution < 1.29 is 22.7 Å². The van der Waals surface area contributed by atoms with E-state index in [4.69, 9.17) is 16.3 Å². The molecule has 0 aliphatic rings. The van der Waals surface area contributed by atoms with Gasteiger partial charge >= 0.3 is 0 Å². The molecule has 1 atom stereocenters. The molecule has 0 heterocycles. The number of nitrogens with one attached hydrogen (secondary N) is 1. The number of carbonyl (C=O) groups is 2. The number of carbonyl (C=O) groups excluding carboxylic acids is 2. The van der Waals surface area contributed by atoms with E-state index in [9.17, 15) is 18.0 Å². The lowest BCUT2D eigenvalue weighted by Gasteiger charge is -2.33. The number of ether oxygens (including phenoxy) is 1. The van der Waals surface area contributed by atoms with Gasteiger partial charge in [0.25, 0.3) is 0 Å². The van der Waals surface area contributed by atoms with E-state index in [0.29, 0.717) is 6.54 Å². The van der Waals surface area contributed by atoms with Crippen LogP contribution in [-0.2, 0) is 32.6 Å². The Kier molecular flexibility index (Phi) is 11.6. The van der Waals surface area contributed by atoms with Crippen LogP contribution in [0.4, 0.5) is 5.69 Å².